The van der Waals surface area contributed by atoms with Gasteiger partial charge in [0.05, 0.1) is 13.2 Å². The summed E-state index contributed by atoms with van der Waals surface area (Å²) in [6.45, 7) is 0.431. The van der Waals surface area contributed by atoms with Gasteiger partial charge < -0.3 is 31.8 Å². The fourth-order valence-electron chi connectivity index (χ4n) is 2.55. The third-order valence-corrected chi connectivity index (χ3v) is 4.48. The van der Waals surface area contributed by atoms with Gasteiger partial charge in [0.15, 0.2) is 5.96 Å². The molecule has 0 aliphatic carbocycles. The second kappa shape index (κ2) is 9.90. The Morgan fingerprint density at radius 2 is 2.18 bits per heavy atom. The van der Waals surface area contributed by atoms with Crippen molar-refractivity contribution in [3.8, 4) is 0 Å². The lowest BCUT2D eigenvalue weighted by Crippen LogP contribution is -2.42. The van der Waals surface area contributed by atoms with E-state index in [1.54, 1.807) is 12.3 Å². The maximum Gasteiger partial charge on any atom is 0.354 e. The first-order chi connectivity index (χ1) is 13.3. The number of guanidine groups is 1. The molecule has 0 bridgehead atoms. The van der Waals surface area contributed by atoms with Crippen LogP contribution in [0.3, 0.4) is 0 Å². The van der Waals surface area contributed by atoms with Crippen LogP contribution in [0.1, 0.15) is 18.4 Å². The Labute approximate surface area is 170 Å². The van der Waals surface area contributed by atoms with Crippen molar-refractivity contribution in [1.29, 1.82) is 5.41 Å². The molecule has 0 spiro atoms. The molecule has 8 N–H and O–H groups in total. The molecule has 150 valence electrons. The fourth-order valence-corrected chi connectivity index (χ4v) is 2.91. The molecule has 1 heterocycles. The van der Waals surface area contributed by atoms with Gasteiger partial charge in [-0.3, -0.25) is 10.2 Å². The van der Waals surface area contributed by atoms with E-state index in [9.17, 15) is 9.59 Å². The number of H-pyrrole nitrogens is 1. The van der Waals surface area contributed by atoms with Crippen molar-refractivity contribution < 1.29 is 14.3 Å². The molecule has 0 saturated carbocycles. The number of ether oxygens (including phenoxy) is 1. The SMILES string of the molecule is COC(=O)C(=Cc1c[nH]c2cc(Br)ccc12)NC(=O)C(N)CCCNC(=N)N. The van der Waals surface area contributed by atoms with Crippen LogP contribution in [0.5, 0.6) is 0 Å². The van der Waals surface area contributed by atoms with Gasteiger partial charge in [0.1, 0.15) is 5.70 Å². The van der Waals surface area contributed by atoms with Gasteiger partial charge in [0.25, 0.3) is 0 Å². The minimum atomic E-state index is -0.819. The number of amides is 1. The van der Waals surface area contributed by atoms with Gasteiger partial charge >= 0.3 is 5.97 Å². The maximum atomic E-state index is 12.4. The van der Waals surface area contributed by atoms with Crippen LogP contribution in [0.2, 0.25) is 0 Å². The van der Waals surface area contributed by atoms with Crippen LogP contribution in [0, 0.1) is 5.41 Å². The minimum Gasteiger partial charge on any atom is -0.464 e. The monoisotopic (exact) mass is 450 g/mol. The summed E-state index contributed by atoms with van der Waals surface area (Å²) in [5.41, 5.74) is 12.7. The van der Waals surface area contributed by atoms with Crippen molar-refractivity contribution in [1.82, 2.24) is 15.6 Å². The van der Waals surface area contributed by atoms with E-state index in [0.29, 0.717) is 19.4 Å². The number of halogens is 1. The van der Waals surface area contributed by atoms with Gasteiger partial charge in [-0.05, 0) is 31.1 Å². The third kappa shape index (κ3) is 5.83. The Hall–Kier alpha value is -2.85. The molecule has 0 saturated heterocycles. The molecule has 0 aliphatic heterocycles. The number of aromatic nitrogens is 1. The minimum absolute atomic E-state index is 0.00590. The van der Waals surface area contributed by atoms with Crippen molar-refractivity contribution in [2.45, 2.75) is 18.9 Å². The topological polar surface area (TPSA) is 159 Å². The Bertz CT molecular complexity index is 908. The van der Waals surface area contributed by atoms with E-state index in [1.807, 2.05) is 18.2 Å². The average Bonchev–Trinajstić information content (AvgIpc) is 3.05. The molecule has 0 radical (unpaired) electrons. The lowest BCUT2D eigenvalue weighted by Gasteiger charge is -2.14. The molecular formula is C18H23BrN6O3. The van der Waals surface area contributed by atoms with Crippen LogP contribution in [-0.4, -0.2) is 42.5 Å². The van der Waals surface area contributed by atoms with Gasteiger partial charge in [-0.15, -0.1) is 0 Å². The number of hydrogen-bond acceptors (Lipinski definition) is 5. The Balaban J connectivity index is 2.12. The highest BCUT2D eigenvalue weighted by atomic mass is 79.9. The lowest BCUT2D eigenvalue weighted by molar-refractivity contribution is -0.137. The summed E-state index contributed by atoms with van der Waals surface area (Å²) >= 11 is 3.41. The number of aromatic amines is 1. The summed E-state index contributed by atoms with van der Waals surface area (Å²) in [5.74, 6) is -1.31. The second-order valence-corrected chi connectivity index (χ2v) is 6.98. The number of benzene rings is 1. The number of carbonyl (C=O) groups is 2. The molecule has 1 aromatic carbocycles. The molecule has 28 heavy (non-hydrogen) atoms. The first-order valence-corrected chi connectivity index (χ1v) is 9.32. The normalized spacial score (nSPS) is 12.5. The van der Waals surface area contributed by atoms with Gasteiger partial charge in [0, 0.05) is 33.7 Å². The van der Waals surface area contributed by atoms with Crippen molar-refractivity contribution >= 4 is 50.7 Å². The number of methoxy groups -OCH3 is 1. The molecule has 1 atom stereocenters. The highest BCUT2D eigenvalue weighted by Gasteiger charge is 2.19. The van der Waals surface area contributed by atoms with E-state index in [2.05, 4.69) is 31.5 Å². The maximum absolute atomic E-state index is 12.4. The number of carbonyl (C=O) groups excluding carboxylic acids is 2. The van der Waals surface area contributed by atoms with Crippen molar-refractivity contribution in [3.05, 3.63) is 40.1 Å². The Kier molecular flexibility index (Phi) is 7.59. The van der Waals surface area contributed by atoms with E-state index in [0.717, 1.165) is 20.9 Å². The third-order valence-electron chi connectivity index (χ3n) is 3.98. The summed E-state index contributed by atoms with van der Waals surface area (Å²) in [7, 11) is 1.24. The molecular weight excluding hydrogens is 428 g/mol. The Morgan fingerprint density at radius 3 is 2.86 bits per heavy atom. The highest BCUT2D eigenvalue weighted by molar-refractivity contribution is 9.10. The number of hydrogen-bond donors (Lipinski definition) is 6. The first kappa shape index (κ1) is 21.5. The van der Waals surface area contributed by atoms with Crippen LogP contribution in [-0.2, 0) is 14.3 Å². The average molecular weight is 451 g/mol. The molecule has 1 unspecified atom stereocenters. The van der Waals surface area contributed by atoms with Crippen LogP contribution >= 0.6 is 15.9 Å². The van der Waals surface area contributed by atoms with E-state index >= 15 is 0 Å². The molecule has 2 aromatic rings. The zero-order valence-electron chi connectivity index (χ0n) is 15.3. The molecule has 0 fully saturated rings. The molecule has 1 aromatic heterocycles. The van der Waals surface area contributed by atoms with E-state index in [1.165, 1.54) is 7.11 Å². The zero-order valence-corrected chi connectivity index (χ0v) is 16.9. The zero-order chi connectivity index (χ0) is 20.7. The number of nitrogens with one attached hydrogen (secondary N) is 4. The highest BCUT2D eigenvalue weighted by Crippen LogP contribution is 2.24. The lowest BCUT2D eigenvalue weighted by atomic mass is 10.1. The second-order valence-electron chi connectivity index (χ2n) is 6.06. The summed E-state index contributed by atoms with van der Waals surface area (Å²) in [4.78, 5) is 27.6. The fraction of sp³-hybridized carbons (Fsp3) is 0.278. The van der Waals surface area contributed by atoms with Crippen molar-refractivity contribution in [3.63, 3.8) is 0 Å². The Morgan fingerprint density at radius 1 is 1.43 bits per heavy atom. The van der Waals surface area contributed by atoms with Gasteiger partial charge in [0.2, 0.25) is 5.91 Å². The smallest absolute Gasteiger partial charge is 0.354 e. The number of rotatable bonds is 8. The summed E-state index contributed by atoms with van der Waals surface area (Å²) in [6.07, 6.45) is 4.19. The van der Waals surface area contributed by atoms with E-state index in [-0.39, 0.29) is 11.7 Å². The summed E-state index contributed by atoms with van der Waals surface area (Å²) in [5, 5.41) is 13.2. The molecule has 9 nitrogen and oxygen atoms in total. The van der Waals surface area contributed by atoms with Gasteiger partial charge in [-0.2, -0.15) is 0 Å². The number of nitrogens with two attached hydrogens (primary N) is 2. The largest absolute Gasteiger partial charge is 0.464 e. The van der Waals surface area contributed by atoms with Gasteiger partial charge in [-0.1, -0.05) is 22.0 Å². The predicted molar refractivity (Wildman–Crippen MR) is 111 cm³/mol. The standard InChI is InChI=1S/C18H23BrN6O3/c1-28-17(27)15(25-16(26)13(20)3-2-6-23-18(21)22)7-10-9-24-14-8-11(19)4-5-12(10)14/h4-5,7-9,13,24H,2-3,6,20H2,1H3,(H,25,26)(H4,21,22,23). The number of fused-ring (bicyclic) bond motifs is 1. The van der Waals surface area contributed by atoms with Gasteiger partial charge in [-0.25, -0.2) is 4.79 Å². The van der Waals surface area contributed by atoms with Crippen LogP contribution in [0.15, 0.2) is 34.6 Å². The van der Waals surface area contributed by atoms with Crippen LogP contribution < -0.4 is 22.1 Å². The molecule has 1 amide bonds. The van der Waals surface area contributed by atoms with E-state index < -0.39 is 17.9 Å². The predicted octanol–water partition coefficient (Wildman–Crippen LogP) is 1.15. The van der Waals surface area contributed by atoms with Crippen molar-refractivity contribution in [2.24, 2.45) is 11.5 Å². The summed E-state index contributed by atoms with van der Waals surface area (Å²) < 4.78 is 5.69. The van der Waals surface area contributed by atoms with Crippen molar-refractivity contribution in [2.75, 3.05) is 13.7 Å². The van der Waals surface area contributed by atoms with E-state index in [4.69, 9.17) is 21.6 Å². The molecule has 10 heteroatoms. The quantitative estimate of drug-likeness (QED) is 0.116. The first-order valence-electron chi connectivity index (χ1n) is 8.52. The molecule has 2 rings (SSSR count). The summed E-state index contributed by atoms with van der Waals surface area (Å²) in [6, 6.07) is 4.87. The molecule has 0 aliphatic rings. The van der Waals surface area contributed by atoms with Crippen LogP contribution in [0.4, 0.5) is 0 Å². The van der Waals surface area contributed by atoms with Crippen LogP contribution in [0.25, 0.3) is 17.0 Å². The number of esters is 1.